The molecule has 0 aromatic heterocycles. The van der Waals surface area contributed by atoms with Gasteiger partial charge in [0.2, 0.25) is 10.0 Å². The Morgan fingerprint density at radius 2 is 2.20 bits per heavy atom. The lowest BCUT2D eigenvalue weighted by atomic mass is 10.2. The van der Waals surface area contributed by atoms with Crippen LogP contribution in [0.2, 0.25) is 5.02 Å². The summed E-state index contributed by atoms with van der Waals surface area (Å²) in [4.78, 5) is 0.0633. The zero-order valence-electron chi connectivity index (χ0n) is 7.99. The van der Waals surface area contributed by atoms with Gasteiger partial charge in [-0.1, -0.05) is 18.5 Å². The van der Waals surface area contributed by atoms with Crippen LogP contribution >= 0.6 is 11.6 Å². The van der Waals surface area contributed by atoms with Crippen molar-refractivity contribution in [2.75, 3.05) is 6.54 Å². The predicted molar refractivity (Wildman–Crippen MR) is 57.0 cm³/mol. The molecule has 0 amide bonds. The molecule has 1 aromatic rings. The van der Waals surface area contributed by atoms with Gasteiger partial charge in [-0.25, -0.2) is 13.1 Å². The molecule has 0 bridgehead atoms. The van der Waals surface area contributed by atoms with Crippen LogP contribution in [0.5, 0.6) is 0 Å². The van der Waals surface area contributed by atoms with Gasteiger partial charge in [0.15, 0.2) is 0 Å². The summed E-state index contributed by atoms with van der Waals surface area (Å²) < 4.78 is 25.4. The van der Waals surface area contributed by atoms with Gasteiger partial charge in [0.05, 0.1) is 15.5 Å². The summed E-state index contributed by atoms with van der Waals surface area (Å²) in [6.45, 7) is 1.99. The van der Waals surface area contributed by atoms with E-state index in [1.807, 2.05) is 6.07 Å². The van der Waals surface area contributed by atoms with Gasteiger partial charge in [-0.3, -0.25) is 0 Å². The van der Waals surface area contributed by atoms with E-state index in [1.54, 1.807) is 6.92 Å². The molecule has 15 heavy (non-hydrogen) atoms. The molecule has 0 radical (unpaired) electrons. The van der Waals surface area contributed by atoms with Crippen molar-refractivity contribution in [2.24, 2.45) is 0 Å². The second-order valence-corrected chi connectivity index (χ2v) is 4.93. The predicted octanol–water partition coefficient (Wildman–Crippen LogP) is 1.51. The van der Waals surface area contributed by atoms with Crippen molar-refractivity contribution in [3.63, 3.8) is 0 Å². The van der Waals surface area contributed by atoms with Gasteiger partial charge < -0.3 is 0 Å². The molecule has 0 spiro atoms. The fourth-order valence-electron chi connectivity index (χ4n) is 1.03. The van der Waals surface area contributed by atoms with Crippen LogP contribution in [0.25, 0.3) is 0 Å². The topological polar surface area (TPSA) is 70.0 Å². The van der Waals surface area contributed by atoms with E-state index >= 15 is 0 Å². The van der Waals surface area contributed by atoms with Crippen molar-refractivity contribution >= 4 is 21.6 Å². The second-order valence-electron chi connectivity index (χ2n) is 2.75. The molecule has 0 heterocycles. The molecule has 0 saturated carbocycles. The summed E-state index contributed by atoms with van der Waals surface area (Å²) in [7, 11) is -3.50. The molecule has 4 nitrogen and oxygen atoms in total. The van der Waals surface area contributed by atoms with Gasteiger partial charge in [0.25, 0.3) is 0 Å². The molecule has 1 aromatic carbocycles. The number of hydrogen-bond donors (Lipinski definition) is 1. The van der Waals surface area contributed by atoms with Crippen molar-refractivity contribution in [2.45, 2.75) is 11.8 Å². The number of benzene rings is 1. The summed E-state index contributed by atoms with van der Waals surface area (Å²) in [5, 5.41) is 8.75. The van der Waals surface area contributed by atoms with Crippen LogP contribution in [0.1, 0.15) is 12.5 Å². The fraction of sp³-hybridized carbons (Fsp3) is 0.222. The van der Waals surface area contributed by atoms with Gasteiger partial charge in [-0.05, 0) is 18.2 Å². The molecule has 1 N–H and O–H groups in total. The van der Waals surface area contributed by atoms with Crippen molar-refractivity contribution in [1.82, 2.24) is 4.72 Å². The highest BCUT2D eigenvalue weighted by Gasteiger charge is 2.13. The second kappa shape index (κ2) is 4.62. The highest BCUT2D eigenvalue weighted by Crippen LogP contribution is 2.19. The van der Waals surface area contributed by atoms with Crippen molar-refractivity contribution in [1.29, 1.82) is 5.26 Å². The first-order chi connectivity index (χ1) is 7.01. The largest absolute Gasteiger partial charge is 0.240 e. The minimum atomic E-state index is -3.50. The first-order valence-electron chi connectivity index (χ1n) is 4.20. The molecule has 0 aliphatic heterocycles. The van der Waals surface area contributed by atoms with Crippen LogP contribution in [0.3, 0.4) is 0 Å². The van der Waals surface area contributed by atoms with E-state index in [2.05, 4.69) is 4.72 Å². The quantitative estimate of drug-likeness (QED) is 0.876. The molecular weight excluding hydrogens is 236 g/mol. The maximum atomic E-state index is 11.5. The van der Waals surface area contributed by atoms with Crippen molar-refractivity contribution in [3.05, 3.63) is 28.8 Å². The SMILES string of the molecule is CCNS(=O)(=O)c1ccc(C#N)c(Cl)c1. The van der Waals surface area contributed by atoms with Gasteiger partial charge in [-0.15, -0.1) is 0 Å². The van der Waals surface area contributed by atoms with Crippen LogP contribution in [0, 0.1) is 11.3 Å². The summed E-state index contributed by atoms with van der Waals surface area (Å²) in [6.07, 6.45) is 0. The van der Waals surface area contributed by atoms with E-state index in [-0.39, 0.29) is 15.5 Å². The van der Waals surface area contributed by atoms with Crippen LogP contribution in [-0.4, -0.2) is 15.0 Å². The summed E-state index contributed by atoms with van der Waals surface area (Å²) in [6, 6.07) is 5.85. The Balaban J connectivity index is 3.20. The number of halogens is 1. The number of hydrogen-bond acceptors (Lipinski definition) is 3. The lowest BCUT2D eigenvalue weighted by molar-refractivity contribution is 0.584. The van der Waals surface area contributed by atoms with Crippen LogP contribution < -0.4 is 4.72 Å². The lowest BCUT2D eigenvalue weighted by Gasteiger charge is -2.04. The van der Waals surface area contributed by atoms with Crippen LogP contribution in [0.4, 0.5) is 0 Å². The van der Waals surface area contributed by atoms with Crippen molar-refractivity contribution < 1.29 is 8.42 Å². The van der Waals surface area contributed by atoms with E-state index in [0.717, 1.165) is 0 Å². The molecule has 1 rings (SSSR count). The van der Waals surface area contributed by atoms with Gasteiger partial charge in [-0.2, -0.15) is 5.26 Å². The first-order valence-corrected chi connectivity index (χ1v) is 6.06. The lowest BCUT2D eigenvalue weighted by Crippen LogP contribution is -2.23. The number of nitrogens with zero attached hydrogens (tertiary/aromatic N) is 1. The van der Waals surface area contributed by atoms with Crippen LogP contribution in [-0.2, 0) is 10.0 Å². The molecule has 0 aliphatic carbocycles. The standard InChI is InChI=1S/C9H9ClN2O2S/c1-2-12-15(13,14)8-4-3-7(6-11)9(10)5-8/h3-5,12H,2H2,1H3. The third-order valence-corrected chi connectivity index (χ3v) is 3.56. The Kier molecular flexibility index (Phi) is 3.69. The molecule has 0 aliphatic rings. The number of rotatable bonds is 3. The van der Waals surface area contributed by atoms with E-state index in [4.69, 9.17) is 16.9 Å². The smallest absolute Gasteiger partial charge is 0.211 e. The van der Waals surface area contributed by atoms with E-state index in [1.165, 1.54) is 18.2 Å². The van der Waals surface area contributed by atoms with E-state index < -0.39 is 10.0 Å². The van der Waals surface area contributed by atoms with Crippen LogP contribution in [0.15, 0.2) is 23.1 Å². The Hall–Kier alpha value is -1.09. The third-order valence-electron chi connectivity index (χ3n) is 1.71. The first kappa shape index (κ1) is 12.0. The van der Waals surface area contributed by atoms with E-state index in [0.29, 0.717) is 6.54 Å². The van der Waals surface area contributed by atoms with E-state index in [9.17, 15) is 8.42 Å². The summed E-state index contributed by atoms with van der Waals surface area (Å²) >= 11 is 5.72. The number of nitriles is 1. The zero-order chi connectivity index (χ0) is 11.5. The maximum Gasteiger partial charge on any atom is 0.240 e. The summed E-state index contributed by atoms with van der Waals surface area (Å²) in [5.41, 5.74) is 0.257. The highest BCUT2D eigenvalue weighted by molar-refractivity contribution is 7.89. The number of sulfonamides is 1. The Morgan fingerprint density at radius 1 is 1.53 bits per heavy atom. The highest BCUT2D eigenvalue weighted by atomic mass is 35.5. The van der Waals surface area contributed by atoms with Gasteiger partial charge in [0, 0.05) is 6.54 Å². The molecular formula is C9H9ClN2O2S. The molecule has 6 heteroatoms. The summed E-state index contributed by atoms with van der Waals surface area (Å²) in [5.74, 6) is 0. The molecule has 0 fully saturated rings. The molecule has 0 saturated heterocycles. The molecule has 0 atom stereocenters. The monoisotopic (exact) mass is 244 g/mol. The Morgan fingerprint density at radius 3 is 2.67 bits per heavy atom. The Bertz CT molecular complexity index is 505. The number of nitrogens with one attached hydrogen (secondary N) is 1. The third kappa shape index (κ3) is 2.69. The molecule has 80 valence electrons. The fourth-order valence-corrected chi connectivity index (χ4v) is 2.38. The maximum absolute atomic E-state index is 11.5. The zero-order valence-corrected chi connectivity index (χ0v) is 9.56. The normalized spacial score (nSPS) is 11.0. The minimum absolute atomic E-state index is 0.0633. The minimum Gasteiger partial charge on any atom is -0.211 e. The van der Waals surface area contributed by atoms with Gasteiger partial charge in [0.1, 0.15) is 6.07 Å². The average molecular weight is 245 g/mol. The molecule has 0 unspecified atom stereocenters. The average Bonchev–Trinajstić information content (AvgIpc) is 2.17. The van der Waals surface area contributed by atoms with Crippen molar-refractivity contribution in [3.8, 4) is 6.07 Å². The van der Waals surface area contributed by atoms with Gasteiger partial charge >= 0.3 is 0 Å². The Labute approximate surface area is 93.5 Å².